The van der Waals surface area contributed by atoms with Crippen molar-refractivity contribution in [3.05, 3.63) is 65.5 Å². The number of pyridine rings is 1. The molecular weight excluding hydrogens is 564 g/mol. The molecule has 2 aromatic carbocycles. The zero-order valence-corrected chi connectivity index (χ0v) is 22.5. The maximum atomic E-state index is 13.9. The molecule has 4 aromatic rings. The Hall–Kier alpha value is -4.51. The Kier molecular flexibility index (Phi) is 6.94. The van der Waals surface area contributed by atoms with E-state index in [-0.39, 0.29) is 69.7 Å². The molecule has 1 aliphatic carbocycles. The molecule has 1 fully saturated rings. The summed E-state index contributed by atoms with van der Waals surface area (Å²) in [7, 11) is -2.51. The minimum atomic E-state index is -4.56. The number of anilines is 2. The van der Waals surface area contributed by atoms with Crippen LogP contribution in [0.4, 0.5) is 29.3 Å². The van der Waals surface area contributed by atoms with Crippen molar-refractivity contribution in [2.45, 2.75) is 36.0 Å². The van der Waals surface area contributed by atoms with Gasteiger partial charge in [-0.2, -0.15) is 23.4 Å². The van der Waals surface area contributed by atoms with Crippen LogP contribution in [0.1, 0.15) is 24.0 Å². The summed E-state index contributed by atoms with van der Waals surface area (Å²) in [5.41, 5.74) is -1.17. The third-order valence-electron chi connectivity index (χ3n) is 6.63. The van der Waals surface area contributed by atoms with Crippen molar-refractivity contribution in [1.82, 2.24) is 15.0 Å². The fourth-order valence-electron chi connectivity index (χ4n) is 4.30. The summed E-state index contributed by atoms with van der Waals surface area (Å²) >= 11 is 0. The van der Waals surface area contributed by atoms with E-state index < -0.39 is 27.4 Å². The highest BCUT2D eigenvalue weighted by Gasteiger charge is 2.64. The highest BCUT2D eigenvalue weighted by atomic mass is 32.2. The SMILES string of the molecule is COc1cc(C#N)c(-c2ccc3nc(NCc4cccc(F)c4)nc(NC4(C(F)(F)F)CC4)c3n2)cc1S(C)(=O)=O. The van der Waals surface area contributed by atoms with Gasteiger partial charge in [0.1, 0.15) is 27.5 Å². The molecule has 2 N–H and O–H groups in total. The van der Waals surface area contributed by atoms with Gasteiger partial charge in [-0.3, -0.25) is 0 Å². The van der Waals surface area contributed by atoms with E-state index in [0.717, 1.165) is 6.26 Å². The molecular formula is C27H22F4N6O3S. The van der Waals surface area contributed by atoms with Gasteiger partial charge < -0.3 is 15.4 Å². The number of nitriles is 1. The number of nitrogens with one attached hydrogen (secondary N) is 2. The minimum absolute atomic E-state index is 0.0155. The van der Waals surface area contributed by atoms with Gasteiger partial charge in [0.15, 0.2) is 15.7 Å². The number of aromatic nitrogens is 3. The first-order chi connectivity index (χ1) is 19.3. The summed E-state index contributed by atoms with van der Waals surface area (Å²) in [6.07, 6.45) is -3.91. The van der Waals surface area contributed by atoms with Crippen molar-refractivity contribution < 1.29 is 30.7 Å². The maximum Gasteiger partial charge on any atom is 0.411 e. The summed E-state index contributed by atoms with van der Waals surface area (Å²) < 4.78 is 85.2. The van der Waals surface area contributed by atoms with Crippen LogP contribution in [0.25, 0.3) is 22.3 Å². The lowest BCUT2D eigenvalue weighted by atomic mass is 10.0. The Labute approximate surface area is 232 Å². The molecule has 2 heterocycles. The van der Waals surface area contributed by atoms with Gasteiger partial charge in [-0.25, -0.2) is 22.8 Å². The van der Waals surface area contributed by atoms with Crippen molar-refractivity contribution in [2.24, 2.45) is 0 Å². The molecule has 0 radical (unpaired) electrons. The molecule has 5 rings (SSSR count). The Morgan fingerprint density at radius 2 is 1.85 bits per heavy atom. The van der Waals surface area contributed by atoms with E-state index in [2.05, 4.69) is 25.6 Å². The molecule has 1 saturated carbocycles. The predicted octanol–water partition coefficient (Wildman–Crippen LogP) is 5.23. The fourth-order valence-corrected chi connectivity index (χ4v) is 5.14. The molecule has 0 saturated heterocycles. The smallest absolute Gasteiger partial charge is 0.411 e. The van der Waals surface area contributed by atoms with Crippen LogP contribution in [0, 0.1) is 17.1 Å². The number of ether oxygens (including phenoxy) is 1. The molecule has 0 bridgehead atoms. The second-order valence-electron chi connectivity index (χ2n) is 9.58. The Balaban J connectivity index is 1.63. The second kappa shape index (κ2) is 10.2. The molecule has 9 nitrogen and oxygen atoms in total. The zero-order chi connectivity index (χ0) is 29.6. The standard InChI is InChI=1S/C27H22F4N6O3S/c1-40-21-11-16(13-32)18(12-22(21)41(2,38)39)19-6-7-20-23(34-19)24(37-26(8-9-26)27(29,30)31)36-25(35-20)33-14-15-4-3-5-17(28)10-15/h3-7,10-12H,8-9,14H2,1-2H3,(H2,33,35,36,37). The molecule has 0 atom stereocenters. The first kappa shape index (κ1) is 28.0. The zero-order valence-electron chi connectivity index (χ0n) is 21.7. The largest absolute Gasteiger partial charge is 0.495 e. The molecule has 0 spiro atoms. The summed E-state index contributed by atoms with van der Waals surface area (Å²) in [5, 5.41) is 15.1. The summed E-state index contributed by atoms with van der Waals surface area (Å²) in [6.45, 7) is 0.101. The average Bonchev–Trinajstić information content (AvgIpc) is 3.71. The number of rotatable bonds is 8. The number of benzene rings is 2. The van der Waals surface area contributed by atoms with Gasteiger partial charge in [0.05, 0.1) is 30.0 Å². The molecule has 1 aliphatic rings. The van der Waals surface area contributed by atoms with Gasteiger partial charge in [0, 0.05) is 18.4 Å². The van der Waals surface area contributed by atoms with E-state index in [9.17, 15) is 31.2 Å². The number of hydrogen-bond acceptors (Lipinski definition) is 9. The number of fused-ring (bicyclic) bond motifs is 1. The van der Waals surface area contributed by atoms with E-state index in [1.165, 1.54) is 49.6 Å². The summed E-state index contributed by atoms with van der Waals surface area (Å²) in [6, 6.07) is 13.2. The average molecular weight is 587 g/mol. The summed E-state index contributed by atoms with van der Waals surface area (Å²) in [5.74, 6) is -0.700. The van der Waals surface area contributed by atoms with Crippen molar-refractivity contribution >= 4 is 32.6 Å². The van der Waals surface area contributed by atoms with Crippen LogP contribution < -0.4 is 15.4 Å². The monoisotopic (exact) mass is 586 g/mol. The molecule has 212 valence electrons. The van der Waals surface area contributed by atoms with Gasteiger partial charge in [-0.15, -0.1) is 0 Å². The van der Waals surface area contributed by atoms with E-state index in [1.807, 2.05) is 6.07 Å². The molecule has 0 amide bonds. The summed E-state index contributed by atoms with van der Waals surface area (Å²) in [4.78, 5) is 12.9. The number of hydrogen-bond donors (Lipinski definition) is 2. The number of methoxy groups -OCH3 is 1. The van der Waals surface area contributed by atoms with E-state index in [4.69, 9.17) is 4.74 Å². The highest BCUT2D eigenvalue weighted by Crippen LogP contribution is 2.51. The lowest BCUT2D eigenvalue weighted by Gasteiger charge is -2.22. The molecule has 41 heavy (non-hydrogen) atoms. The molecule has 0 unspecified atom stereocenters. The number of sulfone groups is 1. The number of nitrogens with zero attached hydrogens (tertiary/aromatic N) is 4. The van der Waals surface area contributed by atoms with Crippen LogP contribution in [0.15, 0.2) is 53.4 Å². The van der Waals surface area contributed by atoms with Gasteiger partial charge in [0.2, 0.25) is 5.95 Å². The van der Waals surface area contributed by atoms with Crippen molar-refractivity contribution in [3.63, 3.8) is 0 Å². The third-order valence-corrected chi connectivity index (χ3v) is 7.75. The number of alkyl halides is 3. The molecule has 14 heteroatoms. The topological polar surface area (TPSA) is 130 Å². The highest BCUT2D eigenvalue weighted by molar-refractivity contribution is 7.90. The van der Waals surface area contributed by atoms with E-state index >= 15 is 0 Å². The Morgan fingerprint density at radius 1 is 1.10 bits per heavy atom. The third kappa shape index (κ3) is 5.58. The van der Waals surface area contributed by atoms with Crippen molar-refractivity contribution in [3.8, 4) is 23.1 Å². The van der Waals surface area contributed by atoms with Gasteiger partial charge in [-0.1, -0.05) is 12.1 Å². The van der Waals surface area contributed by atoms with Gasteiger partial charge in [-0.05, 0) is 54.8 Å². The Bertz CT molecular complexity index is 1820. The van der Waals surface area contributed by atoms with Crippen molar-refractivity contribution in [2.75, 3.05) is 24.0 Å². The number of halogens is 4. The van der Waals surface area contributed by atoms with Crippen LogP contribution in [-0.2, 0) is 16.4 Å². The lowest BCUT2D eigenvalue weighted by molar-refractivity contribution is -0.151. The van der Waals surface area contributed by atoms with Crippen LogP contribution >= 0.6 is 0 Å². The quantitative estimate of drug-likeness (QED) is 0.267. The van der Waals surface area contributed by atoms with E-state index in [1.54, 1.807) is 6.07 Å². The fraction of sp³-hybridized carbons (Fsp3) is 0.259. The first-order valence-corrected chi connectivity index (χ1v) is 14.1. The normalized spacial score (nSPS) is 14.4. The van der Waals surface area contributed by atoms with Crippen molar-refractivity contribution in [1.29, 1.82) is 5.26 Å². The van der Waals surface area contributed by atoms with Crippen LogP contribution in [0.5, 0.6) is 5.75 Å². The van der Waals surface area contributed by atoms with Gasteiger partial charge >= 0.3 is 6.18 Å². The van der Waals surface area contributed by atoms with Crippen LogP contribution in [-0.4, -0.2) is 48.5 Å². The molecule has 2 aromatic heterocycles. The lowest BCUT2D eigenvalue weighted by Crippen LogP contribution is -2.39. The van der Waals surface area contributed by atoms with Gasteiger partial charge in [0.25, 0.3) is 0 Å². The maximum absolute atomic E-state index is 13.9. The second-order valence-corrected chi connectivity index (χ2v) is 11.6. The predicted molar refractivity (Wildman–Crippen MR) is 143 cm³/mol. The van der Waals surface area contributed by atoms with Crippen LogP contribution in [0.2, 0.25) is 0 Å². The first-order valence-electron chi connectivity index (χ1n) is 12.2. The Morgan fingerprint density at radius 3 is 2.46 bits per heavy atom. The van der Waals surface area contributed by atoms with Crippen LogP contribution in [0.3, 0.4) is 0 Å². The van der Waals surface area contributed by atoms with E-state index in [0.29, 0.717) is 5.56 Å². The molecule has 0 aliphatic heterocycles. The minimum Gasteiger partial charge on any atom is -0.495 e.